The Labute approximate surface area is 190 Å². The first kappa shape index (κ1) is 21.7. The summed E-state index contributed by atoms with van der Waals surface area (Å²) in [6, 6.07) is 19.5. The molecule has 7 nitrogen and oxygen atoms in total. The predicted octanol–water partition coefficient (Wildman–Crippen LogP) is 4.23. The first-order valence-corrected chi connectivity index (χ1v) is 11.4. The number of benzene rings is 2. The Morgan fingerprint density at radius 1 is 1.06 bits per heavy atom. The molecule has 0 bridgehead atoms. The summed E-state index contributed by atoms with van der Waals surface area (Å²) in [4.78, 5) is 32.8. The molecule has 0 aliphatic carbocycles. The number of carbonyl (C=O) groups is 2. The molecule has 0 saturated heterocycles. The Morgan fingerprint density at radius 2 is 1.78 bits per heavy atom. The highest BCUT2D eigenvalue weighted by Crippen LogP contribution is 2.27. The second-order valence-electron chi connectivity index (χ2n) is 7.55. The molecule has 0 aliphatic heterocycles. The number of thioether (sulfide) groups is 1. The minimum absolute atomic E-state index is 0.00801. The minimum Gasteiger partial charge on any atom is -0.341 e. The Hall–Kier alpha value is -3.52. The monoisotopic (exact) mass is 447 g/mol. The molecule has 2 amide bonds. The van der Waals surface area contributed by atoms with Crippen molar-refractivity contribution in [1.29, 1.82) is 0 Å². The summed E-state index contributed by atoms with van der Waals surface area (Å²) < 4.78 is 2.02. The lowest BCUT2D eigenvalue weighted by Gasteiger charge is -2.11. The van der Waals surface area contributed by atoms with Gasteiger partial charge >= 0.3 is 0 Å². The number of para-hydroxylation sites is 3. The van der Waals surface area contributed by atoms with Gasteiger partial charge in [-0.1, -0.05) is 30.3 Å². The molecule has 32 heavy (non-hydrogen) atoms. The Bertz CT molecular complexity index is 1230. The molecule has 8 heteroatoms. The van der Waals surface area contributed by atoms with Crippen molar-refractivity contribution in [2.24, 2.45) is 0 Å². The molecule has 0 fully saturated rings. The number of nitrogens with zero attached hydrogens (tertiary/aromatic N) is 2. The van der Waals surface area contributed by atoms with E-state index in [9.17, 15) is 9.59 Å². The largest absolute Gasteiger partial charge is 0.341 e. The van der Waals surface area contributed by atoms with Crippen LogP contribution in [0.25, 0.3) is 16.7 Å². The van der Waals surface area contributed by atoms with Gasteiger partial charge in [0.2, 0.25) is 5.91 Å². The molecule has 0 radical (unpaired) electrons. The summed E-state index contributed by atoms with van der Waals surface area (Å²) in [6.45, 7) is 5.83. The van der Waals surface area contributed by atoms with Gasteiger partial charge in [0.25, 0.3) is 5.91 Å². The zero-order valence-electron chi connectivity index (χ0n) is 18.2. The van der Waals surface area contributed by atoms with Gasteiger partial charge in [0.15, 0.2) is 0 Å². The minimum atomic E-state index is -0.344. The number of aryl methyl sites for hydroxylation is 1. The fourth-order valence-corrected chi connectivity index (χ4v) is 4.38. The van der Waals surface area contributed by atoms with Crippen molar-refractivity contribution in [3.05, 3.63) is 83.4 Å². The van der Waals surface area contributed by atoms with Gasteiger partial charge in [0, 0.05) is 17.1 Å². The van der Waals surface area contributed by atoms with E-state index in [0.29, 0.717) is 5.56 Å². The molecular weight excluding hydrogens is 422 g/mol. The third-order valence-corrected chi connectivity index (χ3v) is 6.41. The summed E-state index contributed by atoms with van der Waals surface area (Å²) in [5.74, 6) is 0.398. The lowest BCUT2D eigenvalue weighted by molar-refractivity contribution is -0.119. The third-order valence-electron chi connectivity index (χ3n) is 5.26. The lowest BCUT2D eigenvalue weighted by atomic mass is 10.2. The highest BCUT2D eigenvalue weighted by Gasteiger charge is 2.18. The summed E-state index contributed by atoms with van der Waals surface area (Å²) >= 11 is 1.45. The number of rotatable bonds is 6. The summed E-state index contributed by atoms with van der Waals surface area (Å²) in [7, 11) is 0. The van der Waals surface area contributed by atoms with Gasteiger partial charge in [-0.25, -0.2) is 4.98 Å². The highest BCUT2D eigenvalue weighted by molar-refractivity contribution is 8.00. The molecule has 4 rings (SSSR count). The fourth-order valence-electron chi connectivity index (χ4n) is 3.64. The van der Waals surface area contributed by atoms with E-state index in [1.165, 1.54) is 11.8 Å². The standard InChI is InChI=1S/C24H25N5O2S/c1-15-13-19(16(2)29(15)18-9-5-4-6-10-18)24(31)28-27-22(30)14-32-17(3)23-25-20-11-7-8-12-21(20)26-23/h4-13,17H,14H2,1-3H3,(H,25,26)(H,27,30)(H,28,31). The van der Waals surface area contributed by atoms with E-state index in [0.717, 1.165) is 33.9 Å². The van der Waals surface area contributed by atoms with Gasteiger partial charge in [0.05, 0.1) is 27.6 Å². The van der Waals surface area contributed by atoms with E-state index in [-0.39, 0.29) is 22.8 Å². The zero-order valence-corrected chi connectivity index (χ0v) is 19.0. The molecule has 2 aromatic heterocycles. The molecule has 1 atom stereocenters. The topological polar surface area (TPSA) is 91.8 Å². The summed E-state index contributed by atoms with van der Waals surface area (Å²) in [5.41, 5.74) is 10.2. The first-order chi connectivity index (χ1) is 15.4. The van der Waals surface area contributed by atoms with Gasteiger partial charge < -0.3 is 9.55 Å². The number of hydrazine groups is 1. The molecular formula is C24H25N5O2S. The second-order valence-corrected chi connectivity index (χ2v) is 8.88. The average Bonchev–Trinajstić information content (AvgIpc) is 3.37. The maximum absolute atomic E-state index is 12.7. The van der Waals surface area contributed by atoms with Gasteiger partial charge in [0.1, 0.15) is 5.82 Å². The Morgan fingerprint density at radius 3 is 2.53 bits per heavy atom. The van der Waals surface area contributed by atoms with Crippen LogP contribution in [0.1, 0.15) is 39.7 Å². The molecule has 164 valence electrons. The van der Waals surface area contributed by atoms with Gasteiger partial charge in [-0.3, -0.25) is 20.4 Å². The van der Waals surface area contributed by atoms with Gasteiger partial charge in [-0.05, 0) is 51.1 Å². The van der Waals surface area contributed by atoms with Crippen LogP contribution >= 0.6 is 11.8 Å². The van der Waals surface area contributed by atoms with E-state index >= 15 is 0 Å². The number of aromatic amines is 1. The molecule has 2 aromatic carbocycles. The smallest absolute Gasteiger partial charge is 0.271 e. The normalized spacial score (nSPS) is 12.0. The van der Waals surface area contributed by atoms with Crippen molar-refractivity contribution in [3.63, 3.8) is 0 Å². The van der Waals surface area contributed by atoms with Crippen LogP contribution in [0.3, 0.4) is 0 Å². The molecule has 3 N–H and O–H groups in total. The maximum atomic E-state index is 12.7. The van der Waals surface area contributed by atoms with Crippen LogP contribution in [0.15, 0.2) is 60.7 Å². The molecule has 0 aliphatic rings. The van der Waals surface area contributed by atoms with Crippen molar-refractivity contribution >= 4 is 34.6 Å². The number of nitrogens with one attached hydrogen (secondary N) is 3. The van der Waals surface area contributed by atoms with Crippen molar-refractivity contribution in [1.82, 2.24) is 25.4 Å². The molecule has 0 spiro atoms. The van der Waals surface area contributed by atoms with E-state index in [1.807, 2.05) is 86.0 Å². The van der Waals surface area contributed by atoms with Crippen LogP contribution in [0.4, 0.5) is 0 Å². The van der Waals surface area contributed by atoms with E-state index in [1.54, 1.807) is 0 Å². The van der Waals surface area contributed by atoms with E-state index in [4.69, 9.17) is 0 Å². The number of fused-ring (bicyclic) bond motifs is 1. The van der Waals surface area contributed by atoms with E-state index < -0.39 is 0 Å². The van der Waals surface area contributed by atoms with Crippen LogP contribution in [0.2, 0.25) is 0 Å². The van der Waals surface area contributed by atoms with Crippen molar-refractivity contribution < 1.29 is 9.59 Å². The Balaban J connectivity index is 1.32. The van der Waals surface area contributed by atoms with Gasteiger partial charge in [-0.15, -0.1) is 11.8 Å². The fraction of sp³-hybridized carbons (Fsp3) is 0.208. The summed E-state index contributed by atoms with van der Waals surface area (Å²) in [6.07, 6.45) is 0. The number of hydrogen-bond acceptors (Lipinski definition) is 4. The van der Waals surface area contributed by atoms with Crippen molar-refractivity contribution in [2.75, 3.05) is 5.75 Å². The molecule has 2 heterocycles. The van der Waals surface area contributed by atoms with Crippen LogP contribution in [0.5, 0.6) is 0 Å². The second kappa shape index (κ2) is 9.32. The van der Waals surface area contributed by atoms with Crippen LogP contribution < -0.4 is 10.9 Å². The predicted molar refractivity (Wildman–Crippen MR) is 128 cm³/mol. The number of aromatic nitrogens is 3. The quantitative estimate of drug-likeness (QED) is 0.386. The number of hydrogen-bond donors (Lipinski definition) is 3. The zero-order chi connectivity index (χ0) is 22.7. The van der Waals surface area contributed by atoms with Gasteiger partial charge in [-0.2, -0.15) is 0 Å². The molecule has 1 unspecified atom stereocenters. The first-order valence-electron chi connectivity index (χ1n) is 10.3. The highest BCUT2D eigenvalue weighted by atomic mass is 32.2. The van der Waals surface area contributed by atoms with Crippen molar-refractivity contribution in [3.8, 4) is 5.69 Å². The lowest BCUT2D eigenvalue weighted by Crippen LogP contribution is -2.42. The maximum Gasteiger partial charge on any atom is 0.271 e. The Kier molecular flexibility index (Phi) is 6.32. The van der Waals surface area contributed by atoms with Crippen molar-refractivity contribution in [2.45, 2.75) is 26.0 Å². The average molecular weight is 448 g/mol. The van der Waals surface area contributed by atoms with Crippen LogP contribution in [0, 0.1) is 13.8 Å². The number of imidazole rings is 1. The number of H-pyrrole nitrogens is 1. The molecule has 0 saturated carbocycles. The SMILES string of the molecule is Cc1cc(C(=O)NNC(=O)CSC(C)c2nc3ccccc3[nH]2)c(C)n1-c1ccccc1. The molecule has 4 aromatic rings. The van der Waals surface area contributed by atoms with E-state index in [2.05, 4.69) is 20.8 Å². The van der Waals surface area contributed by atoms with Crippen LogP contribution in [-0.2, 0) is 4.79 Å². The number of carbonyl (C=O) groups excluding carboxylic acids is 2. The van der Waals surface area contributed by atoms with Crippen LogP contribution in [-0.4, -0.2) is 32.1 Å². The number of amides is 2. The third kappa shape index (κ3) is 4.55. The summed E-state index contributed by atoms with van der Waals surface area (Å²) in [5, 5.41) is 0.00801.